The molecule has 5 heteroatoms. The van der Waals surface area contributed by atoms with Crippen LogP contribution < -0.4 is 4.74 Å². The number of hydrogen-bond acceptors (Lipinski definition) is 3. The fourth-order valence-electron chi connectivity index (χ4n) is 1.69. The first kappa shape index (κ1) is 11.8. The minimum Gasteiger partial charge on any atom is -0.496 e. The molecule has 1 aromatic heterocycles. The van der Waals surface area contributed by atoms with Crippen LogP contribution in [0.4, 0.5) is 0 Å². The molecular formula is C12H12ClNO3. The van der Waals surface area contributed by atoms with Crippen LogP contribution in [0.1, 0.15) is 17.3 Å². The van der Waals surface area contributed by atoms with Gasteiger partial charge in [0, 0.05) is 17.6 Å². The molecule has 0 aliphatic carbocycles. The first-order valence-electron chi connectivity index (χ1n) is 5.19. The smallest absolute Gasteiger partial charge is 0.343 e. The van der Waals surface area contributed by atoms with Crippen molar-refractivity contribution in [1.29, 1.82) is 0 Å². The van der Waals surface area contributed by atoms with E-state index in [9.17, 15) is 4.79 Å². The number of halogens is 1. The first-order chi connectivity index (χ1) is 8.19. The number of rotatable bonds is 3. The Morgan fingerprint density at radius 1 is 1.53 bits per heavy atom. The minimum absolute atomic E-state index is 0.267. The van der Waals surface area contributed by atoms with Crippen molar-refractivity contribution in [3.05, 3.63) is 28.9 Å². The summed E-state index contributed by atoms with van der Waals surface area (Å²) in [6.07, 6.45) is 1.75. The number of H-pyrrole nitrogens is 1. The molecule has 1 heterocycles. The highest BCUT2D eigenvalue weighted by molar-refractivity contribution is 6.38. The van der Waals surface area contributed by atoms with Gasteiger partial charge in [-0.3, -0.25) is 0 Å². The maximum absolute atomic E-state index is 11.8. The summed E-state index contributed by atoms with van der Waals surface area (Å²) in [4.78, 5) is 14.8. The number of fused-ring (bicyclic) bond motifs is 1. The summed E-state index contributed by atoms with van der Waals surface area (Å²) in [5, 5.41) is 1.12. The van der Waals surface area contributed by atoms with Crippen molar-refractivity contribution in [1.82, 2.24) is 4.98 Å². The Morgan fingerprint density at radius 3 is 2.94 bits per heavy atom. The molecule has 0 aliphatic heterocycles. The molecule has 0 saturated carbocycles. The second-order valence-corrected chi connectivity index (χ2v) is 3.81. The predicted molar refractivity (Wildman–Crippen MR) is 65.8 cm³/mol. The molecule has 1 aromatic carbocycles. The Hall–Kier alpha value is -1.68. The second-order valence-electron chi connectivity index (χ2n) is 3.43. The summed E-state index contributed by atoms with van der Waals surface area (Å²) in [5.74, 6) is -0.0687. The molecule has 0 unspecified atom stereocenters. The number of aromatic nitrogens is 1. The number of nitrogens with one attached hydrogen (secondary N) is 1. The third-order valence-corrected chi connectivity index (χ3v) is 2.85. The quantitative estimate of drug-likeness (QED) is 0.856. The zero-order chi connectivity index (χ0) is 12.4. The SMILES string of the molecule is CCOC(=O)c1c(OC)cc2[nH]ccc2c1Cl. The van der Waals surface area contributed by atoms with Crippen LogP contribution in [0.5, 0.6) is 5.75 Å². The van der Waals surface area contributed by atoms with Crippen molar-refractivity contribution in [3.8, 4) is 5.75 Å². The van der Waals surface area contributed by atoms with Gasteiger partial charge in [0.15, 0.2) is 0 Å². The standard InChI is InChI=1S/C12H12ClNO3/c1-3-17-12(15)10-9(16-2)6-8-7(11(10)13)4-5-14-8/h4-6,14H,3H2,1-2H3. The Bertz CT molecular complexity index is 562. The van der Waals surface area contributed by atoms with Crippen molar-refractivity contribution >= 4 is 28.5 Å². The highest BCUT2D eigenvalue weighted by Crippen LogP contribution is 2.34. The second kappa shape index (κ2) is 4.67. The Kier molecular flexibility index (Phi) is 3.24. The van der Waals surface area contributed by atoms with E-state index in [-0.39, 0.29) is 5.56 Å². The van der Waals surface area contributed by atoms with Gasteiger partial charge in [0.1, 0.15) is 11.3 Å². The van der Waals surface area contributed by atoms with E-state index in [0.29, 0.717) is 17.4 Å². The van der Waals surface area contributed by atoms with Crippen LogP contribution in [0.3, 0.4) is 0 Å². The van der Waals surface area contributed by atoms with Crippen molar-refractivity contribution in [2.75, 3.05) is 13.7 Å². The lowest BCUT2D eigenvalue weighted by Gasteiger charge is -2.10. The molecule has 0 saturated heterocycles. The van der Waals surface area contributed by atoms with Gasteiger partial charge in [-0.15, -0.1) is 0 Å². The summed E-state index contributed by atoms with van der Waals surface area (Å²) >= 11 is 6.20. The molecule has 0 bridgehead atoms. The molecule has 0 spiro atoms. The normalized spacial score (nSPS) is 10.5. The number of esters is 1. The number of hydrogen-bond donors (Lipinski definition) is 1. The largest absolute Gasteiger partial charge is 0.496 e. The number of ether oxygens (including phenoxy) is 2. The molecule has 0 atom stereocenters. The highest BCUT2D eigenvalue weighted by atomic mass is 35.5. The van der Waals surface area contributed by atoms with Crippen molar-refractivity contribution < 1.29 is 14.3 Å². The molecule has 0 amide bonds. The first-order valence-corrected chi connectivity index (χ1v) is 5.57. The number of carbonyl (C=O) groups is 1. The van der Waals surface area contributed by atoms with Gasteiger partial charge in [-0.05, 0) is 13.0 Å². The Labute approximate surface area is 103 Å². The summed E-state index contributed by atoms with van der Waals surface area (Å²) in [5.41, 5.74) is 1.09. The molecule has 0 radical (unpaired) electrons. The van der Waals surface area contributed by atoms with Crippen molar-refractivity contribution in [2.24, 2.45) is 0 Å². The number of aromatic amines is 1. The van der Waals surface area contributed by atoms with Gasteiger partial charge in [-0.25, -0.2) is 4.79 Å². The zero-order valence-electron chi connectivity index (χ0n) is 9.54. The minimum atomic E-state index is -0.475. The average Bonchev–Trinajstić information content (AvgIpc) is 2.77. The van der Waals surface area contributed by atoms with Crippen LogP contribution >= 0.6 is 11.6 Å². The molecule has 17 heavy (non-hydrogen) atoms. The molecule has 2 rings (SSSR count). The fourth-order valence-corrected chi connectivity index (χ4v) is 2.03. The van der Waals surface area contributed by atoms with Crippen LogP contribution in [-0.4, -0.2) is 24.7 Å². The molecule has 1 N–H and O–H groups in total. The molecule has 0 fully saturated rings. The monoisotopic (exact) mass is 253 g/mol. The number of benzene rings is 1. The molecular weight excluding hydrogens is 242 g/mol. The third kappa shape index (κ3) is 1.96. The number of methoxy groups -OCH3 is 1. The average molecular weight is 254 g/mol. The molecule has 90 valence electrons. The van der Waals surface area contributed by atoms with Gasteiger partial charge < -0.3 is 14.5 Å². The van der Waals surface area contributed by atoms with Crippen LogP contribution in [0, 0.1) is 0 Å². The van der Waals surface area contributed by atoms with Gasteiger partial charge in [-0.1, -0.05) is 11.6 Å². The fraction of sp³-hybridized carbons (Fsp3) is 0.250. The Balaban J connectivity index is 2.65. The third-order valence-electron chi connectivity index (χ3n) is 2.46. The lowest BCUT2D eigenvalue weighted by molar-refractivity contribution is 0.0523. The molecule has 2 aromatic rings. The summed E-state index contributed by atoms with van der Waals surface area (Å²) < 4.78 is 10.1. The summed E-state index contributed by atoms with van der Waals surface area (Å²) in [7, 11) is 1.49. The van der Waals surface area contributed by atoms with Crippen LogP contribution in [0.2, 0.25) is 5.02 Å². The van der Waals surface area contributed by atoms with Gasteiger partial charge in [0.05, 0.1) is 24.3 Å². The van der Waals surface area contributed by atoms with E-state index in [1.54, 1.807) is 25.3 Å². The van der Waals surface area contributed by atoms with E-state index in [0.717, 1.165) is 10.9 Å². The lowest BCUT2D eigenvalue weighted by atomic mass is 10.1. The van der Waals surface area contributed by atoms with Crippen LogP contribution in [0.15, 0.2) is 18.3 Å². The predicted octanol–water partition coefficient (Wildman–Crippen LogP) is 3.01. The molecule has 4 nitrogen and oxygen atoms in total. The molecule has 0 aliphatic rings. The van der Waals surface area contributed by atoms with Crippen LogP contribution in [0.25, 0.3) is 10.9 Å². The van der Waals surface area contributed by atoms with Crippen molar-refractivity contribution in [3.63, 3.8) is 0 Å². The lowest BCUT2D eigenvalue weighted by Crippen LogP contribution is -2.07. The topological polar surface area (TPSA) is 51.3 Å². The zero-order valence-corrected chi connectivity index (χ0v) is 10.3. The van der Waals surface area contributed by atoms with Gasteiger partial charge in [0.2, 0.25) is 0 Å². The maximum atomic E-state index is 11.8. The summed E-state index contributed by atoms with van der Waals surface area (Å²) in [6.45, 7) is 2.04. The van der Waals surface area contributed by atoms with Crippen LogP contribution in [-0.2, 0) is 4.74 Å². The van der Waals surface area contributed by atoms with Crippen molar-refractivity contribution in [2.45, 2.75) is 6.92 Å². The van der Waals surface area contributed by atoms with Gasteiger partial charge >= 0.3 is 5.97 Å². The van der Waals surface area contributed by atoms with E-state index in [1.807, 2.05) is 0 Å². The van der Waals surface area contributed by atoms with Gasteiger partial charge in [-0.2, -0.15) is 0 Å². The highest BCUT2D eigenvalue weighted by Gasteiger charge is 2.20. The van der Waals surface area contributed by atoms with E-state index < -0.39 is 5.97 Å². The van der Waals surface area contributed by atoms with Gasteiger partial charge in [0.25, 0.3) is 0 Å². The maximum Gasteiger partial charge on any atom is 0.343 e. The number of carbonyl (C=O) groups excluding carboxylic acids is 1. The van der Waals surface area contributed by atoms with E-state index in [1.165, 1.54) is 7.11 Å². The van der Waals surface area contributed by atoms with E-state index in [2.05, 4.69) is 4.98 Å². The summed E-state index contributed by atoms with van der Waals surface area (Å²) in [6, 6.07) is 3.54. The Morgan fingerprint density at radius 2 is 2.29 bits per heavy atom. The van der Waals surface area contributed by atoms with E-state index >= 15 is 0 Å². The van der Waals surface area contributed by atoms with E-state index in [4.69, 9.17) is 21.1 Å².